The molecule has 0 saturated heterocycles. The molecule has 1 atom stereocenters. The highest BCUT2D eigenvalue weighted by Crippen LogP contribution is 2.45. The molecule has 8 aromatic rings. The second kappa shape index (κ2) is 7.32. The van der Waals surface area contributed by atoms with Crippen molar-refractivity contribution in [1.29, 1.82) is 0 Å². The number of hydrogen-bond donors (Lipinski definition) is 1. The zero-order valence-electron chi connectivity index (χ0n) is 21.6. The Labute approximate surface area is 223 Å². The van der Waals surface area contributed by atoms with E-state index in [0.29, 0.717) is 5.92 Å². The molecule has 1 aromatic carbocycles. The van der Waals surface area contributed by atoms with Gasteiger partial charge in [0.15, 0.2) is 0 Å². The van der Waals surface area contributed by atoms with Crippen molar-refractivity contribution in [1.82, 2.24) is 15.0 Å². The lowest BCUT2D eigenvalue weighted by Gasteiger charge is -2.18. The summed E-state index contributed by atoms with van der Waals surface area (Å²) in [6.07, 6.45) is 10.4. The highest BCUT2D eigenvalue weighted by molar-refractivity contribution is 6.19. The van der Waals surface area contributed by atoms with Gasteiger partial charge in [0.1, 0.15) is 5.52 Å². The molecule has 0 saturated carbocycles. The van der Waals surface area contributed by atoms with Crippen molar-refractivity contribution in [2.75, 3.05) is 11.9 Å². The molecule has 0 spiro atoms. The van der Waals surface area contributed by atoms with Gasteiger partial charge in [0.2, 0.25) is 16.6 Å². The fraction of sp³-hybridized carbons (Fsp3) is 0.121. The van der Waals surface area contributed by atoms with E-state index < -0.39 is 0 Å². The fourth-order valence-corrected chi connectivity index (χ4v) is 6.89. The van der Waals surface area contributed by atoms with Gasteiger partial charge >= 0.3 is 5.65 Å². The van der Waals surface area contributed by atoms with E-state index in [1.165, 1.54) is 27.3 Å². The molecule has 1 N–H and O–H groups in total. The molecular formula is C33H24N6+2. The van der Waals surface area contributed by atoms with Crippen LogP contribution in [0.1, 0.15) is 30.9 Å². The van der Waals surface area contributed by atoms with Gasteiger partial charge in [0.05, 0.1) is 45.8 Å². The Balaban J connectivity index is 0.00000108. The van der Waals surface area contributed by atoms with E-state index in [1.807, 2.05) is 32.4 Å². The maximum atomic E-state index is 5.21. The smallest absolute Gasteiger partial charge is 0.383 e. The summed E-state index contributed by atoms with van der Waals surface area (Å²) >= 11 is 0. The van der Waals surface area contributed by atoms with Gasteiger partial charge < -0.3 is 5.32 Å². The molecule has 8 heterocycles. The van der Waals surface area contributed by atoms with Gasteiger partial charge in [0, 0.05) is 53.8 Å². The molecule has 6 heteroatoms. The Kier molecular flexibility index (Phi) is 3.95. The Morgan fingerprint density at radius 3 is 2.69 bits per heavy atom. The van der Waals surface area contributed by atoms with Crippen LogP contribution in [0.4, 0.5) is 5.69 Å². The normalized spacial score (nSPS) is 15.7. The predicted octanol–water partition coefficient (Wildman–Crippen LogP) is 6.11. The molecule has 1 aliphatic carbocycles. The lowest BCUT2D eigenvalue weighted by molar-refractivity contribution is -0.577. The van der Waals surface area contributed by atoms with E-state index in [2.05, 4.69) is 85.9 Å². The second-order valence-corrected chi connectivity index (χ2v) is 10.2. The van der Waals surface area contributed by atoms with Gasteiger partial charge in [-0.3, -0.25) is 9.97 Å². The van der Waals surface area contributed by atoms with Crippen molar-refractivity contribution in [3.63, 3.8) is 0 Å². The molecule has 1 unspecified atom stereocenters. The molecule has 39 heavy (non-hydrogen) atoms. The van der Waals surface area contributed by atoms with E-state index in [4.69, 9.17) is 9.97 Å². The molecule has 7 aromatic heterocycles. The molecule has 0 amide bonds. The van der Waals surface area contributed by atoms with Crippen molar-refractivity contribution in [2.24, 2.45) is 0 Å². The van der Waals surface area contributed by atoms with Crippen LogP contribution in [0.15, 0.2) is 79.3 Å². The quantitative estimate of drug-likeness (QED) is 0.154. The number of nitrogens with one attached hydrogen (secondary N) is 1. The second-order valence-electron chi connectivity index (χ2n) is 10.2. The first kappa shape index (κ1) is 21.0. The summed E-state index contributed by atoms with van der Waals surface area (Å²) in [4.78, 5) is 14.4. The topological polar surface area (TPSA) is 58.9 Å². The summed E-state index contributed by atoms with van der Waals surface area (Å²) in [6, 6.07) is 19.7. The van der Waals surface area contributed by atoms with Crippen LogP contribution >= 0.6 is 0 Å². The summed E-state index contributed by atoms with van der Waals surface area (Å²) in [7, 11) is 0. The van der Waals surface area contributed by atoms with Crippen molar-refractivity contribution >= 4 is 77.6 Å². The Hall–Kier alpha value is -4.97. The molecule has 2 aliphatic rings. The number of pyridine rings is 6. The fourth-order valence-electron chi connectivity index (χ4n) is 6.89. The predicted molar refractivity (Wildman–Crippen MR) is 156 cm³/mol. The number of benzene rings is 1. The number of nitrogens with zero attached hydrogens (tertiary/aromatic N) is 5. The first-order valence-electron chi connectivity index (χ1n) is 13.6. The Morgan fingerprint density at radius 2 is 1.74 bits per heavy atom. The van der Waals surface area contributed by atoms with Crippen molar-refractivity contribution in [2.45, 2.75) is 19.8 Å². The molecular weight excluding hydrogens is 480 g/mol. The van der Waals surface area contributed by atoms with Crippen LogP contribution in [0.25, 0.3) is 71.9 Å². The van der Waals surface area contributed by atoms with Gasteiger partial charge in [0.25, 0.3) is 5.52 Å². The standard InChI is InChI=1S/C31H17N6.C2H6/c1-3-18-11-19-4-6-21-29-20-5-2-17-14-33-25-15-34-23(30(20)28(17)25)12-24(29)35-22-7-8-27(37(19)31(21)22)36(18)26-9-10-32-13-16(1)26;1-2/h1-13,15,17H,14H2;1-2H3/q+1;/p+1. The van der Waals surface area contributed by atoms with Gasteiger partial charge in [-0.2, -0.15) is 0 Å². The third-order valence-corrected chi connectivity index (χ3v) is 8.41. The minimum Gasteiger partial charge on any atom is -0.383 e. The average Bonchev–Trinajstić information content (AvgIpc) is 3.43. The van der Waals surface area contributed by atoms with Gasteiger partial charge in [-0.15, -0.1) is 0 Å². The van der Waals surface area contributed by atoms with E-state index in [-0.39, 0.29) is 0 Å². The minimum absolute atomic E-state index is 0.401. The molecule has 0 bridgehead atoms. The molecule has 0 radical (unpaired) electrons. The molecule has 184 valence electrons. The molecule has 1 aliphatic heterocycles. The number of aromatic nitrogens is 5. The first-order valence-corrected chi connectivity index (χ1v) is 13.6. The van der Waals surface area contributed by atoms with Crippen LogP contribution < -0.4 is 14.1 Å². The Morgan fingerprint density at radius 1 is 0.846 bits per heavy atom. The summed E-state index contributed by atoms with van der Waals surface area (Å²) in [5.41, 5.74) is 12.5. The van der Waals surface area contributed by atoms with Crippen molar-refractivity contribution in [3.8, 4) is 0 Å². The lowest BCUT2D eigenvalue weighted by atomic mass is 9.86. The van der Waals surface area contributed by atoms with Crippen molar-refractivity contribution in [3.05, 3.63) is 90.4 Å². The van der Waals surface area contributed by atoms with Crippen molar-refractivity contribution < 1.29 is 8.80 Å². The maximum absolute atomic E-state index is 5.21. The molecule has 6 nitrogen and oxygen atoms in total. The van der Waals surface area contributed by atoms with E-state index in [9.17, 15) is 0 Å². The first-order chi connectivity index (χ1) is 19.3. The van der Waals surface area contributed by atoms with Crippen LogP contribution in [0, 0.1) is 0 Å². The van der Waals surface area contributed by atoms with Gasteiger partial charge in [-0.1, -0.05) is 34.8 Å². The van der Waals surface area contributed by atoms with Crippen LogP contribution in [-0.4, -0.2) is 21.5 Å². The maximum Gasteiger partial charge on any atom is 0.456 e. The van der Waals surface area contributed by atoms with Crippen LogP contribution in [-0.2, 0) is 0 Å². The van der Waals surface area contributed by atoms with Gasteiger partial charge in [-0.05, 0) is 35.4 Å². The third kappa shape index (κ3) is 2.53. The Bertz CT molecular complexity index is 2370. The summed E-state index contributed by atoms with van der Waals surface area (Å²) in [5.74, 6) is 0.401. The minimum atomic E-state index is 0.401. The monoisotopic (exact) mass is 504 g/mol. The van der Waals surface area contributed by atoms with Gasteiger partial charge in [-0.25, -0.2) is 4.98 Å². The van der Waals surface area contributed by atoms with Crippen LogP contribution in [0.5, 0.6) is 0 Å². The number of rotatable bonds is 0. The molecule has 0 fully saturated rings. The SMILES string of the molecule is C1=CC2CNc3cnc4cc5nc6ccc7[n+]8c(ccc9cnccc98)cc8ccc(c5c1c4c32)c6[n+]87.CC. The highest BCUT2D eigenvalue weighted by Gasteiger charge is 2.31. The average molecular weight is 505 g/mol. The summed E-state index contributed by atoms with van der Waals surface area (Å²) in [6.45, 7) is 4.93. The van der Waals surface area contributed by atoms with Crippen LogP contribution in [0.2, 0.25) is 0 Å². The van der Waals surface area contributed by atoms with Crippen LogP contribution in [0.3, 0.4) is 0 Å². The van der Waals surface area contributed by atoms with E-state index >= 15 is 0 Å². The summed E-state index contributed by atoms with van der Waals surface area (Å²) < 4.78 is 4.69. The zero-order chi connectivity index (χ0) is 25.8. The summed E-state index contributed by atoms with van der Waals surface area (Å²) in [5, 5.41) is 8.34. The van der Waals surface area contributed by atoms with E-state index in [1.54, 1.807) is 0 Å². The van der Waals surface area contributed by atoms with E-state index in [0.717, 1.165) is 61.9 Å². The molecule has 10 rings (SSSR count). The number of fused-ring (bicyclic) bond motifs is 7. The number of hydrogen-bond acceptors (Lipinski definition) is 4. The third-order valence-electron chi connectivity index (χ3n) is 8.41. The zero-order valence-corrected chi connectivity index (χ0v) is 21.6. The lowest BCUT2D eigenvalue weighted by Crippen LogP contribution is -2.39. The largest absolute Gasteiger partial charge is 0.456 e. The highest BCUT2D eigenvalue weighted by atomic mass is 15.1. The number of anilines is 1.